The van der Waals surface area contributed by atoms with Gasteiger partial charge in [-0.1, -0.05) is 53.6 Å². The van der Waals surface area contributed by atoms with Gasteiger partial charge in [0.15, 0.2) is 5.82 Å². The van der Waals surface area contributed by atoms with Crippen LogP contribution in [0.3, 0.4) is 0 Å². The normalized spacial score (nSPS) is 10.9. The van der Waals surface area contributed by atoms with Crippen LogP contribution >= 0.6 is 11.6 Å². The molecule has 3 aromatic carbocycles. The zero-order valence-electron chi connectivity index (χ0n) is 14.0. The number of aryl methyl sites for hydroxylation is 1. The minimum Gasteiger partial charge on any atom is -0.340 e. The maximum absolute atomic E-state index is 13.4. The number of para-hydroxylation sites is 1. The number of benzene rings is 3. The van der Waals surface area contributed by atoms with Crippen molar-refractivity contribution < 1.29 is 4.39 Å². The Morgan fingerprint density at radius 2 is 1.69 bits per heavy atom. The summed E-state index contributed by atoms with van der Waals surface area (Å²) < 4.78 is 13.4. The van der Waals surface area contributed by atoms with Crippen LogP contribution in [0, 0.1) is 12.7 Å². The number of aromatic nitrogens is 2. The van der Waals surface area contributed by atoms with Crippen molar-refractivity contribution in [2.45, 2.75) is 6.92 Å². The van der Waals surface area contributed by atoms with Gasteiger partial charge >= 0.3 is 0 Å². The van der Waals surface area contributed by atoms with Crippen LogP contribution in [0.1, 0.15) is 5.56 Å². The van der Waals surface area contributed by atoms with E-state index in [9.17, 15) is 4.39 Å². The van der Waals surface area contributed by atoms with Gasteiger partial charge in [-0.05, 0) is 37.3 Å². The Labute approximate surface area is 155 Å². The molecule has 0 spiro atoms. The molecule has 4 aromatic rings. The van der Waals surface area contributed by atoms with Gasteiger partial charge in [0.05, 0.1) is 10.5 Å². The van der Waals surface area contributed by atoms with Gasteiger partial charge in [0, 0.05) is 16.6 Å². The van der Waals surface area contributed by atoms with Crippen molar-refractivity contribution in [1.29, 1.82) is 0 Å². The minimum atomic E-state index is -0.454. The predicted molar refractivity (Wildman–Crippen MR) is 104 cm³/mol. The lowest BCUT2D eigenvalue weighted by atomic mass is 10.1. The molecule has 5 heteroatoms. The highest BCUT2D eigenvalue weighted by Gasteiger charge is 2.10. The number of hydrogen-bond donors (Lipinski definition) is 1. The van der Waals surface area contributed by atoms with Crippen LogP contribution in [0.25, 0.3) is 22.3 Å². The molecule has 1 aromatic heterocycles. The lowest BCUT2D eigenvalue weighted by Crippen LogP contribution is -1.99. The summed E-state index contributed by atoms with van der Waals surface area (Å²) in [6, 6.07) is 20.3. The van der Waals surface area contributed by atoms with Crippen molar-refractivity contribution >= 4 is 34.0 Å². The SMILES string of the molecule is Cc1ccc(-c2nc(Nc3ccc(F)c(Cl)c3)c3ccccc3n2)cc1. The Morgan fingerprint density at radius 3 is 2.46 bits per heavy atom. The molecule has 0 saturated heterocycles. The number of rotatable bonds is 3. The van der Waals surface area contributed by atoms with E-state index in [-0.39, 0.29) is 5.02 Å². The number of fused-ring (bicyclic) bond motifs is 1. The van der Waals surface area contributed by atoms with E-state index in [0.717, 1.165) is 16.5 Å². The van der Waals surface area contributed by atoms with Crippen molar-refractivity contribution in [3.63, 3.8) is 0 Å². The molecule has 0 radical (unpaired) electrons. The summed E-state index contributed by atoms with van der Waals surface area (Å²) in [5.41, 5.74) is 3.60. The fourth-order valence-corrected chi connectivity index (χ4v) is 2.89. The van der Waals surface area contributed by atoms with E-state index in [1.807, 2.05) is 55.5 Å². The third kappa shape index (κ3) is 3.24. The monoisotopic (exact) mass is 363 g/mol. The summed E-state index contributed by atoms with van der Waals surface area (Å²) in [5, 5.41) is 4.17. The van der Waals surface area contributed by atoms with Crippen molar-refractivity contribution in [2.75, 3.05) is 5.32 Å². The van der Waals surface area contributed by atoms with Gasteiger partial charge in [-0.2, -0.15) is 0 Å². The maximum Gasteiger partial charge on any atom is 0.162 e. The zero-order valence-corrected chi connectivity index (χ0v) is 14.8. The molecule has 1 N–H and O–H groups in total. The number of nitrogens with zero attached hydrogens (tertiary/aromatic N) is 2. The summed E-state index contributed by atoms with van der Waals surface area (Å²) in [6.45, 7) is 2.04. The van der Waals surface area contributed by atoms with Crippen LogP contribution in [0.5, 0.6) is 0 Å². The fraction of sp³-hybridized carbons (Fsp3) is 0.0476. The van der Waals surface area contributed by atoms with Gasteiger partial charge in [0.2, 0.25) is 0 Å². The Balaban J connectivity index is 1.84. The third-order valence-corrected chi connectivity index (χ3v) is 4.38. The van der Waals surface area contributed by atoms with Gasteiger partial charge in [-0.15, -0.1) is 0 Å². The van der Waals surface area contributed by atoms with Gasteiger partial charge < -0.3 is 5.32 Å². The molecular formula is C21H15ClFN3. The number of hydrogen-bond acceptors (Lipinski definition) is 3. The lowest BCUT2D eigenvalue weighted by Gasteiger charge is -2.11. The first-order chi connectivity index (χ1) is 12.6. The van der Waals surface area contributed by atoms with Crippen LogP contribution in [0.2, 0.25) is 5.02 Å². The third-order valence-electron chi connectivity index (χ3n) is 4.10. The highest BCUT2D eigenvalue weighted by Crippen LogP contribution is 2.28. The quantitative estimate of drug-likeness (QED) is 0.475. The van der Waals surface area contributed by atoms with E-state index in [0.29, 0.717) is 17.3 Å². The second-order valence-corrected chi connectivity index (χ2v) is 6.44. The zero-order chi connectivity index (χ0) is 18.1. The molecule has 26 heavy (non-hydrogen) atoms. The average Bonchev–Trinajstić information content (AvgIpc) is 2.65. The largest absolute Gasteiger partial charge is 0.340 e. The topological polar surface area (TPSA) is 37.8 Å². The standard InChI is InChI=1S/C21H15ClFN3/c1-13-6-8-14(9-7-13)20-25-19-5-3-2-4-16(19)21(26-20)24-15-10-11-18(23)17(22)12-15/h2-12H,1H3,(H,24,25,26). The van der Waals surface area contributed by atoms with Crippen LogP contribution < -0.4 is 5.32 Å². The molecular weight excluding hydrogens is 349 g/mol. The summed E-state index contributed by atoms with van der Waals surface area (Å²) in [6.07, 6.45) is 0. The van der Waals surface area contributed by atoms with Crippen LogP contribution in [0.15, 0.2) is 66.7 Å². The molecule has 0 aliphatic carbocycles. The Morgan fingerprint density at radius 1 is 0.923 bits per heavy atom. The second-order valence-electron chi connectivity index (χ2n) is 6.03. The van der Waals surface area contributed by atoms with Crippen molar-refractivity contribution in [3.8, 4) is 11.4 Å². The number of halogens is 2. The molecule has 128 valence electrons. The van der Waals surface area contributed by atoms with E-state index in [1.165, 1.54) is 11.6 Å². The van der Waals surface area contributed by atoms with E-state index in [1.54, 1.807) is 12.1 Å². The van der Waals surface area contributed by atoms with Crippen LogP contribution in [-0.2, 0) is 0 Å². The van der Waals surface area contributed by atoms with E-state index >= 15 is 0 Å². The first kappa shape index (κ1) is 16.5. The molecule has 3 nitrogen and oxygen atoms in total. The smallest absolute Gasteiger partial charge is 0.162 e. The predicted octanol–water partition coefficient (Wildman–Crippen LogP) is 6.14. The summed E-state index contributed by atoms with van der Waals surface area (Å²) in [4.78, 5) is 9.36. The molecule has 4 rings (SSSR count). The molecule has 0 amide bonds. The second kappa shape index (κ2) is 6.73. The number of anilines is 2. The highest BCUT2D eigenvalue weighted by molar-refractivity contribution is 6.31. The van der Waals surface area contributed by atoms with E-state index < -0.39 is 5.82 Å². The molecule has 0 unspecified atom stereocenters. The Bertz CT molecular complexity index is 1090. The van der Waals surface area contributed by atoms with Crippen LogP contribution in [-0.4, -0.2) is 9.97 Å². The molecule has 0 bridgehead atoms. The van der Waals surface area contributed by atoms with Crippen molar-refractivity contribution in [2.24, 2.45) is 0 Å². The van der Waals surface area contributed by atoms with Gasteiger partial charge in [-0.25, -0.2) is 14.4 Å². The Hall–Kier alpha value is -2.98. The highest BCUT2D eigenvalue weighted by atomic mass is 35.5. The summed E-state index contributed by atoms with van der Waals surface area (Å²) in [5.74, 6) is 0.818. The Kier molecular flexibility index (Phi) is 4.27. The lowest BCUT2D eigenvalue weighted by molar-refractivity contribution is 0.628. The molecule has 0 aliphatic heterocycles. The van der Waals surface area contributed by atoms with Crippen molar-refractivity contribution in [1.82, 2.24) is 9.97 Å². The van der Waals surface area contributed by atoms with E-state index in [4.69, 9.17) is 11.6 Å². The minimum absolute atomic E-state index is 0.0621. The maximum atomic E-state index is 13.4. The molecule has 0 saturated carbocycles. The molecule has 0 fully saturated rings. The summed E-state index contributed by atoms with van der Waals surface area (Å²) >= 11 is 5.89. The first-order valence-electron chi connectivity index (χ1n) is 8.16. The van der Waals surface area contributed by atoms with E-state index in [2.05, 4.69) is 15.3 Å². The summed E-state index contributed by atoms with van der Waals surface area (Å²) in [7, 11) is 0. The number of nitrogens with one attached hydrogen (secondary N) is 1. The molecule has 0 aliphatic rings. The van der Waals surface area contributed by atoms with Crippen molar-refractivity contribution in [3.05, 3.63) is 83.1 Å². The average molecular weight is 364 g/mol. The van der Waals surface area contributed by atoms with Gasteiger partial charge in [0.25, 0.3) is 0 Å². The first-order valence-corrected chi connectivity index (χ1v) is 8.54. The van der Waals surface area contributed by atoms with Gasteiger partial charge in [-0.3, -0.25) is 0 Å². The molecule has 1 heterocycles. The fourth-order valence-electron chi connectivity index (χ4n) is 2.71. The van der Waals surface area contributed by atoms with Crippen LogP contribution in [0.4, 0.5) is 15.9 Å². The molecule has 0 atom stereocenters. The van der Waals surface area contributed by atoms with Gasteiger partial charge in [0.1, 0.15) is 11.6 Å².